The second kappa shape index (κ2) is 4.07. The van der Waals surface area contributed by atoms with Crippen LogP contribution >= 0.6 is 15.9 Å². The third kappa shape index (κ3) is 1.83. The Balaban J connectivity index is 1.91. The molecule has 2 unspecified atom stereocenters. The summed E-state index contributed by atoms with van der Waals surface area (Å²) >= 11 is 3.70. The maximum absolute atomic E-state index is 5.51. The first kappa shape index (κ1) is 8.97. The minimum atomic E-state index is 0.0784. The number of halogens is 1. The molecular formula is C9H15BrO2. The lowest BCUT2D eigenvalue weighted by atomic mass is 9.89. The van der Waals surface area contributed by atoms with Crippen LogP contribution < -0.4 is 0 Å². The van der Waals surface area contributed by atoms with Crippen LogP contribution in [0.3, 0.4) is 0 Å². The molecule has 0 bridgehead atoms. The summed E-state index contributed by atoms with van der Waals surface area (Å²) in [6, 6.07) is 0. The van der Waals surface area contributed by atoms with Gasteiger partial charge in [-0.05, 0) is 12.8 Å². The third-order valence-electron chi connectivity index (χ3n) is 2.73. The monoisotopic (exact) mass is 234 g/mol. The molecule has 1 aliphatic heterocycles. The highest BCUT2D eigenvalue weighted by molar-refractivity contribution is 9.09. The molecule has 2 fully saturated rings. The molecule has 1 heterocycles. The predicted octanol–water partition coefficient (Wildman–Crippen LogP) is 2.31. The van der Waals surface area contributed by atoms with Gasteiger partial charge in [0.05, 0.1) is 13.2 Å². The molecular weight excluding hydrogens is 220 g/mol. The van der Waals surface area contributed by atoms with E-state index < -0.39 is 0 Å². The molecule has 70 valence electrons. The van der Waals surface area contributed by atoms with E-state index in [0.717, 1.165) is 13.2 Å². The maximum Gasteiger partial charge on any atom is 0.161 e. The van der Waals surface area contributed by atoms with Gasteiger partial charge in [-0.25, -0.2) is 0 Å². The first-order chi connectivity index (χ1) is 5.88. The molecule has 1 aliphatic carbocycles. The van der Waals surface area contributed by atoms with Crippen LogP contribution in [0, 0.1) is 5.92 Å². The summed E-state index contributed by atoms with van der Waals surface area (Å²) in [4.78, 5) is 0.606. The highest BCUT2D eigenvalue weighted by Gasteiger charge is 2.33. The SMILES string of the molecule is BrC1CCCCC1C1OCCO1. The Hall–Kier alpha value is 0.400. The molecule has 2 rings (SSSR count). The van der Waals surface area contributed by atoms with Gasteiger partial charge in [0, 0.05) is 10.7 Å². The molecule has 2 atom stereocenters. The highest BCUT2D eigenvalue weighted by atomic mass is 79.9. The molecule has 0 spiro atoms. The van der Waals surface area contributed by atoms with Crippen LogP contribution in [0.15, 0.2) is 0 Å². The van der Waals surface area contributed by atoms with Crippen LogP contribution in [-0.2, 0) is 9.47 Å². The lowest BCUT2D eigenvalue weighted by Gasteiger charge is -2.30. The number of hydrogen-bond donors (Lipinski definition) is 0. The Bertz CT molecular complexity index is 145. The summed E-state index contributed by atoms with van der Waals surface area (Å²) in [5, 5.41) is 0. The second-order valence-corrected chi connectivity index (χ2v) is 4.75. The average molecular weight is 235 g/mol. The van der Waals surface area contributed by atoms with Crippen LogP contribution in [0.2, 0.25) is 0 Å². The molecule has 12 heavy (non-hydrogen) atoms. The van der Waals surface area contributed by atoms with Crippen molar-refractivity contribution < 1.29 is 9.47 Å². The van der Waals surface area contributed by atoms with Crippen LogP contribution in [0.4, 0.5) is 0 Å². The smallest absolute Gasteiger partial charge is 0.161 e. The predicted molar refractivity (Wildman–Crippen MR) is 50.4 cm³/mol. The summed E-state index contributed by atoms with van der Waals surface area (Å²) in [6.45, 7) is 1.56. The van der Waals surface area contributed by atoms with E-state index in [1.807, 2.05) is 0 Å². The lowest BCUT2D eigenvalue weighted by molar-refractivity contribution is -0.0894. The Labute approximate surface area is 81.7 Å². The van der Waals surface area contributed by atoms with Gasteiger partial charge in [0.15, 0.2) is 6.29 Å². The van der Waals surface area contributed by atoms with Crippen LogP contribution in [0.25, 0.3) is 0 Å². The van der Waals surface area contributed by atoms with Gasteiger partial charge < -0.3 is 9.47 Å². The van der Waals surface area contributed by atoms with E-state index in [9.17, 15) is 0 Å². The van der Waals surface area contributed by atoms with Crippen molar-refractivity contribution in [1.29, 1.82) is 0 Å². The third-order valence-corrected chi connectivity index (χ3v) is 3.87. The zero-order valence-electron chi connectivity index (χ0n) is 7.17. The molecule has 2 aliphatic rings. The van der Waals surface area contributed by atoms with Gasteiger partial charge in [-0.15, -0.1) is 0 Å². The molecule has 0 aromatic carbocycles. The molecule has 0 N–H and O–H groups in total. The van der Waals surface area contributed by atoms with Crippen molar-refractivity contribution in [3.63, 3.8) is 0 Å². The fourth-order valence-electron chi connectivity index (χ4n) is 2.04. The van der Waals surface area contributed by atoms with E-state index in [1.54, 1.807) is 0 Å². The molecule has 0 radical (unpaired) electrons. The van der Waals surface area contributed by atoms with Gasteiger partial charge >= 0.3 is 0 Å². The van der Waals surface area contributed by atoms with Crippen molar-refractivity contribution >= 4 is 15.9 Å². The van der Waals surface area contributed by atoms with E-state index in [2.05, 4.69) is 15.9 Å². The van der Waals surface area contributed by atoms with Gasteiger partial charge in [0.25, 0.3) is 0 Å². The first-order valence-electron chi connectivity index (χ1n) is 4.75. The maximum atomic E-state index is 5.51. The number of hydrogen-bond acceptors (Lipinski definition) is 2. The fourth-order valence-corrected chi connectivity index (χ4v) is 2.88. The summed E-state index contributed by atoms with van der Waals surface area (Å²) in [6.07, 6.45) is 5.28. The van der Waals surface area contributed by atoms with Gasteiger partial charge in [-0.3, -0.25) is 0 Å². The van der Waals surface area contributed by atoms with E-state index in [-0.39, 0.29) is 6.29 Å². The minimum absolute atomic E-state index is 0.0784. The minimum Gasteiger partial charge on any atom is -0.350 e. The number of alkyl halides is 1. The second-order valence-electron chi connectivity index (χ2n) is 3.57. The normalized spacial score (nSPS) is 38.8. The van der Waals surface area contributed by atoms with Crippen molar-refractivity contribution in [2.45, 2.75) is 36.8 Å². The van der Waals surface area contributed by atoms with Crippen LogP contribution in [0.5, 0.6) is 0 Å². The van der Waals surface area contributed by atoms with Gasteiger partial charge in [-0.1, -0.05) is 28.8 Å². The molecule has 1 saturated heterocycles. The highest BCUT2D eigenvalue weighted by Crippen LogP contribution is 2.34. The van der Waals surface area contributed by atoms with Crippen molar-refractivity contribution in [2.24, 2.45) is 5.92 Å². The van der Waals surface area contributed by atoms with Crippen molar-refractivity contribution in [3.05, 3.63) is 0 Å². The van der Waals surface area contributed by atoms with Crippen molar-refractivity contribution in [2.75, 3.05) is 13.2 Å². The van der Waals surface area contributed by atoms with E-state index >= 15 is 0 Å². The Morgan fingerprint density at radius 1 is 1.00 bits per heavy atom. The number of ether oxygens (including phenoxy) is 2. The topological polar surface area (TPSA) is 18.5 Å². The summed E-state index contributed by atoms with van der Waals surface area (Å²) in [5.74, 6) is 0.584. The molecule has 3 heteroatoms. The molecule has 0 amide bonds. The standard InChI is InChI=1S/C9H15BrO2/c10-8-4-2-1-3-7(8)9-11-5-6-12-9/h7-9H,1-6H2. The Morgan fingerprint density at radius 2 is 1.67 bits per heavy atom. The lowest BCUT2D eigenvalue weighted by Crippen LogP contribution is -2.31. The van der Waals surface area contributed by atoms with Gasteiger partial charge in [0.1, 0.15) is 0 Å². The Kier molecular flexibility index (Phi) is 3.05. The zero-order valence-corrected chi connectivity index (χ0v) is 8.76. The summed E-state index contributed by atoms with van der Waals surface area (Å²) < 4.78 is 11.0. The largest absolute Gasteiger partial charge is 0.350 e. The summed E-state index contributed by atoms with van der Waals surface area (Å²) in [7, 11) is 0. The van der Waals surface area contributed by atoms with Crippen molar-refractivity contribution in [1.82, 2.24) is 0 Å². The van der Waals surface area contributed by atoms with E-state index in [1.165, 1.54) is 25.7 Å². The fraction of sp³-hybridized carbons (Fsp3) is 1.00. The average Bonchev–Trinajstić information content (AvgIpc) is 2.57. The quantitative estimate of drug-likeness (QED) is 0.649. The number of rotatable bonds is 1. The van der Waals surface area contributed by atoms with Crippen LogP contribution in [-0.4, -0.2) is 24.3 Å². The van der Waals surface area contributed by atoms with Crippen LogP contribution in [0.1, 0.15) is 25.7 Å². The zero-order chi connectivity index (χ0) is 8.39. The van der Waals surface area contributed by atoms with Gasteiger partial charge in [0.2, 0.25) is 0 Å². The molecule has 0 aromatic rings. The van der Waals surface area contributed by atoms with Gasteiger partial charge in [-0.2, -0.15) is 0 Å². The van der Waals surface area contributed by atoms with E-state index in [0.29, 0.717) is 10.7 Å². The van der Waals surface area contributed by atoms with E-state index in [4.69, 9.17) is 9.47 Å². The first-order valence-corrected chi connectivity index (χ1v) is 5.67. The molecule has 1 saturated carbocycles. The molecule has 2 nitrogen and oxygen atoms in total. The molecule has 0 aromatic heterocycles. The van der Waals surface area contributed by atoms with Crippen molar-refractivity contribution in [3.8, 4) is 0 Å². The summed E-state index contributed by atoms with van der Waals surface area (Å²) in [5.41, 5.74) is 0. The Morgan fingerprint density at radius 3 is 2.33 bits per heavy atom.